The third-order valence-corrected chi connectivity index (χ3v) is 6.96. The molecular weight excluding hydrogens is 488 g/mol. The van der Waals surface area contributed by atoms with Crippen LogP contribution in [-0.2, 0) is 11.2 Å². The van der Waals surface area contributed by atoms with Crippen LogP contribution in [0.4, 0.5) is 11.5 Å². The number of amides is 1. The summed E-state index contributed by atoms with van der Waals surface area (Å²) in [6.45, 7) is 5.10. The van der Waals surface area contributed by atoms with E-state index >= 15 is 0 Å². The van der Waals surface area contributed by atoms with Gasteiger partial charge in [0.15, 0.2) is 0 Å². The first-order valence-corrected chi connectivity index (χ1v) is 13.1. The molecule has 2 aromatic heterocycles. The normalized spacial score (nSPS) is 13.8. The first-order valence-electron chi connectivity index (χ1n) is 13.1. The summed E-state index contributed by atoms with van der Waals surface area (Å²) in [5, 5.41) is 12.7. The number of aryl methyl sites for hydroxylation is 1. The predicted molar refractivity (Wildman–Crippen MR) is 154 cm³/mol. The van der Waals surface area contributed by atoms with Crippen LogP contribution in [-0.4, -0.2) is 48.0 Å². The maximum absolute atomic E-state index is 13.7. The molecule has 1 saturated heterocycles. The van der Waals surface area contributed by atoms with Gasteiger partial charge in [0.25, 0.3) is 11.5 Å². The second-order valence-electron chi connectivity index (χ2n) is 9.51. The van der Waals surface area contributed by atoms with Gasteiger partial charge in [-0.2, -0.15) is 5.26 Å². The van der Waals surface area contributed by atoms with Gasteiger partial charge in [-0.25, -0.2) is 4.98 Å². The van der Waals surface area contributed by atoms with Gasteiger partial charge in [0, 0.05) is 44.6 Å². The fourth-order valence-corrected chi connectivity index (χ4v) is 4.84. The van der Waals surface area contributed by atoms with Gasteiger partial charge in [0.05, 0.1) is 5.56 Å². The third-order valence-electron chi connectivity index (χ3n) is 6.96. The Morgan fingerprint density at radius 3 is 2.33 bits per heavy atom. The highest BCUT2D eigenvalue weighted by Gasteiger charge is 2.24. The fraction of sp³-hybridized carbons (Fsp3) is 0.226. The second kappa shape index (κ2) is 11.7. The second-order valence-corrected chi connectivity index (χ2v) is 9.51. The molecule has 0 radical (unpaired) electrons. The molecule has 39 heavy (non-hydrogen) atoms. The Kier molecular flexibility index (Phi) is 7.69. The highest BCUT2D eigenvalue weighted by atomic mass is 16.1. The minimum Gasteiger partial charge on any atom is -0.368 e. The van der Waals surface area contributed by atoms with Crippen molar-refractivity contribution in [2.75, 3.05) is 42.5 Å². The predicted octanol–water partition coefficient (Wildman–Crippen LogP) is 3.60. The molecule has 5 rings (SSSR count). The summed E-state index contributed by atoms with van der Waals surface area (Å²) in [5.74, 6) is -0.0196. The van der Waals surface area contributed by atoms with Crippen molar-refractivity contribution in [3.05, 3.63) is 112 Å². The van der Waals surface area contributed by atoms with Gasteiger partial charge in [0.1, 0.15) is 23.1 Å². The Morgan fingerprint density at radius 1 is 0.974 bits per heavy atom. The number of rotatable bonds is 7. The van der Waals surface area contributed by atoms with Crippen LogP contribution in [0.15, 0.2) is 89.4 Å². The maximum Gasteiger partial charge on any atom is 0.267 e. The number of piperazine rings is 1. The largest absolute Gasteiger partial charge is 0.368 e. The van der Waals surface area contributed by atoms with E-state index in [1.165, 1.54) is 10.5 Å². The number of nitriles is 1. The smallest absolute Gasteiger partial charge is 0.267 e. The van der Waals surface area contributed by atoms with E-state index in [2.05, 4.69) is 27.2 Å². The van der Waals surface area contributed by atoms with E-state index in [9.17, 15) is 14.9 Å². The number of carbonyl (C=O) groups excluding carboxylic acids is 1. The number of anilines is 2. The number of hydrogen-bond donors (Lipinski definition) is 1. The number of aromatic nitrogens is 2. The van der Waals surface area contributed by atoms with Crippen LogP contribution in [0, 0.1) is 18.3 Å². The molecule has 1 amide bonds. The van der Waals surface area contributed by atoms with Gasteiger partial charge < -0.3 is 15.1 Å². The lowest BCUT2D eigenvalue weighted by molar-refractivity contribution is -0.117. The van der Waals surface area contributed by atoms with Crippen molar-refractivity contribution in [1.29, 1.82) is 5.26 Å². The molecule has 1 fully saturated rings. The van der Waals surface area contributed by atoms with E-state index in [0.29, 0.717) is 37.5 Å². The monoisotopic (exact) mass is 518 g/mol. The Hall–Kier alpha value is -4.90. The number of fused-ring (bicyclic) bond motifs is 1. The summed E-state index contributed by atoms with van der Waals surface area (Å²) < 4.78 is 1.48. The summed E-state index contributed by atoms with van der Waals surface area (Å²) in [6, 6.07) is 25.7. The summed E-state index contributed by atoms with van der Waals surface area (Å²) in [6.07, 6.45) is 3.70. The molecule has 1 aliphatic heterocycles. The average molecular weight is 519 g/mol. The number of carbonyl (C=O) groups is 1. The van der Waals surface area contributed by atoms with Gasteiger partial charge in [-0.1, -0.05) is 54.6 Å². The molecule has 196 valence electrons. The van der Waals surface area contributed by atoms with Crippen LogP contribution >= 0.6 is 0 Å². The molecule has 1 aliphatic rings. The van der Waals surface area contributed by atoms with Crippen molar-refractivity contribution < 1.29 is 4.79 Å². The molecule has 4 aromatic rings. The van der Waals surface area contributed by atoms with Crippen molar-refractivity contribution in [1.82, 2.24) is 14.7 Å². The molecule has 2 aromatic carbocycles. The average Bonchev–Trinajstić information content (AvgIpc) is 2.98. The Labute approximate surface area is 227 Å². The van der Waals surface area contributed by atoms with E-state index in [1.54, 1.807) is 12.3 Å². The van der Waals surface area contributed by atoms with Crippen LogP contribution < -0.4 is 20.7 Å². The lowest BCUT2D eigenvalue weighted by Crippen LogP contribution is -2.47. The van der Waals surface area contributed by atoms with E-state index in [-0.39, 0.29) is 16.7 Å². The van der Waals surface area contributed by atoms with Crippen molar-refractivity contribution in [2.24, 2.45) is 0 Å². The molecule has 1 N–H and O–H groups in total. The van der Waals surface area contributed by atoms with E-state index < -0.39 is 5.91 Å². The van der Waals surface area contributed by atoms with Crippen molar-refractivity contribution >= 4 is 29.1 Å². The molecule has 0 bridgehead atoms. The fourth-order valence-electron chi connectivity index (χ4n) is 4.84. The van der Waals surface area contributed by atoms with Crippen LogP contribution in [0.1, 0.15) is 16.7 Å². The van der Waals surface area contributed by atoms with Crippen molar-refractivity contribution in [3.63, 3.8) is 0 Å². The summed E-state index contributed by atoms with van der Waals surface area (Å²) in [5.41, 5.74) is 3.47. The molecule has 0 spiro atoms. The minimum absolute atomic E-state index is 0.126. The lowest BCUT2D eigenvalue weighted by Gasteiger charge is -2.37. The van der Waals surface area contributed by atoms with Crippen LogP contribution in [0.25, 0.3) is 11.7 Å². The summed E-state index contributed by atoms with van der Waals surface area (Å²) in [4.78, 5) is 35.9. The highest BCUT2D eigenvalue weighted by molar-refractivity contribution is 6.02. The summed E-state index contributed by atoms with van der Waals surface area (Å²) >= 11 is 0. The topological polar surface area (TPSA) is 93.7 Å². The van der Waals surface area contributed by atoms with Gasteiger partial charge in [-0.15, -0.1) is 0 Å². The lowest BCUT2D eigenvalue weighted by atomic mass is 10.1. The molecule has 0 aliphatic carbocycles. The standard InChI is InChI=1S/C31H30N6O2/c1-23-9-8-16-37-28(23)34-29(36-19-17-35(18-20-36)26-12-6-3-7-13-26)27(31(37)39)21-25(22-32)30(38)33-15-14-24-10-4-2-5-11-24/h2-13,16,21H,14-15,17-20H2,1H3,(H,33,38). The molecule has 0 saturated carbocycles. The van der Waals surface area contributed by atoms with Crippen molar-refractivity contribution in [2.45, 2.75) is 13.3 Å². The molecular formula is C31H30N6O2. The third kappa shape index (κ3) is 5.68. The van der Waals surface area contributed by atoms with Crippen LogP contribution in [0.2, 0.25) is 0 Å². The number of nitrogens with zero attached hydrogens (tertiary/aromatic N) is 5. The molecule has 8 heteroatoms. The Bertz CT molecular complexity index is 1600. The highest BCUT2D eigenvalue weighted by Crippen LogP contribution is 2.24. The van der Waals surface area contributed by atoms with Crippen LogP contribution in [0.3, 0.4) is 0 Å². The SMILES string of the molecule is Cc1cccn2c(=O)c(C=C(C#N)C(=O)NCCc3ccccc3)c(N3CCN(c4ccccc4)CC3)nc12. The van der Waals surface area contributed by atoms with E-state index in [0.717, 1.165) is 29.9 Å². The van der Waals surface area contributed by atoms with Crippen LogP contribution in [0.5, 0.6) is 0 Å². The first kappa shape index (κ1) is 25.7. The summed E-state index contributed by atoms with van der Waals surface area (Å²) in [7, 11) is 0. The zero-order valence-corrected chi connectivity index (χ0v) is 21.9. The zero-order valence-electron chi connectivity index (χ0n) is 21.9. The Morgan fingerprint density at radius 2 is 1.64 bits per heavy atom. The molecule has 0 atom stereocenters. The van der Waals surface area contributed by atoms with E-state index in [4.69, 9.17) is 4.98 Å². The number of pyridine rings is 1. The van der Waals surface area contributed by atoms with Gasteiger partial charge in [-0.05, 0) is 48.7 Å². The number of benzene rings is 2. The first-order chi connectivity index (χ1) is 19.0. The van der Waals surface area contributed by atoms with Gasteiger partial charge in [0.2, 0.25) is 0 Å². The van der Waals surface area contributed by atoms with Gasteiger partial charge >= 0.3 is 0 Å². The number of nitrogens with one attached hydrogen (secondary N) is 1. The maximum atomic E-state index is 13.7. The number of para-hydroxylation sites is 1. The minimum atomic E-state index is -0.512. The quantitative estimate of drug-likeness (QED) is 0.297. The van der Waals surface area contributed by atoms with Crippen molar-refractivity contribution in [3.8, 4) is 6.07 Å². The molecule has 0 unspecified atom stereocenters. The molecule has 8 nitrogen and oxygen atoms in total. The van der Waals surface area contributed by atoms with Gasteiger partial charge in [-0.3, -0.25) is 14.0 Å². The number of hydrogen-bond acceptors (Lipinski definition) is 6. The zero-order chi connectivity index (χ0) is 27.2. The van der Waals surface area contributed by atoms with E-state index in [1.807, 2.05) is 67.6 Å². The Balaban J connectivity index is 1.45. The molecule has 3 heterocycles.